The van der Waals surface area contributed by atoms with Crippen molar-refractivity contribution < 1.29 is 4.79 Å². The van der Waals surface area contributed by atoms with Crippen molar-refractivity contribution in [3.63, 3.8) is 0 Å². The van der Waals surface area contributed by atoms with Crippen LogP contribution in [0.25, 0.3) is 0 Å². The second-order valence-corrected chi connectivity index (χ2v) is 3.45. The maximum absolute atomic E-state index is 10.8. The summed E-state index contributed by atoms with van der Waals surface area (Å²) in [6.45, 7) is 1.72. The summed E-state index contributed by atoms with van der Waals surface area (Å²) < 4.78 is 0. The van der Waals surface area contributed by atoms with Crippen LogP contribution < -0.4 is 5.32 Å². The first kappa shape index (κ1) is 11.6. The van der Waals surface area contributed by atoms with Crippen molar-refractivity contribution in [2.75, 3.05) is 14.1 Å². The van der Waals surface area contributed by atoms with Crippen molar-refractivity contribution in [1.29, 1.82) is 0 Å². The monoisotopic (exact) mass is 171 g/mol. The molecule has 0 amide bonds. The van der Waals surface area contributed by atoms with Gasteiger partial charge in [0.1, 0.15) is 5.78 Å². The maximum Gasteiger partial charge on any atom is 0.132 e. The summed E-state index contributed by atoms with van der Waals surface area (Å²) >= 11 is 0. The Morgan fingerprint density at radius 3 is 1.83 bits per heavy atom. The molecule has 0 heterocycles. The molecule has 1 aliphatic carbocycles. The molecule has 0 aliphatic heterocycles. The van der Waals surface area contributed by atoms with E-state index in [-0.39, 0.29) is 0 Å². The van der Waals surface area contributed by atoms with Crippen molar-refractivity contribution in [2.45, 2.75) is 39.0 Å². The smallest absolute Gasteiger partial charge is 0.132 e. The minimum absolute atomic E-state index is 0.398. The van der Waals surface area contributed by atoms with Gasteiger partial charge in [-0.3, -0.25) is 4.79 Å². The van der Waals surface area contributed by atoms with Gasteiger partial charge in [-0.05, 0) is 33.9 Å². The lowest BCUT2D eigenvalue weighted by molar-refractivity contribution is -0.121. The van der Waals surface area contributed by atoms with Crippen molar-refractivity contribution in [3.05, 3.63) is 0 Å². The molecule has 0 unspecified atom stereocenters. The van der Waals surface area contributed by atoms with Gasteiger partial charge in [0.15, 0.2) is 0 Å². The number of rotatable bonds is 1. The van der Waals surface area contributed by atoms with Gasteiger partial charge >= 0.3 is 0 Å². The molecule has 1 aliphatic rings. The third kappa shape index (κ3) is 5.30. The molecule has 0 bridgehead atoms. The van der Waals surface area contributed by atoms with Gasteiger partial charge < -0.3 is 5.32 Å². The van der Waals surface area contributed by atoms with Crippen LogP contribution in [0.3, 0.4) is 0 Å². The first-order valence-electron chi connectivity index (χ1n) is 4.81. The minimum atomic E-state index is 0.398. The Hall–Kier alpha value is -0.370. The zero-order chi connectivity index (χ0) is 9.40. The van der Waals surface area contributed by atoms with E-state index in [1.54, 1.807) is 6.92 Å². The van der Waals surface area contributed by atoms with Crippen molar-refractivity contribution >= 4 is 5.78 Å². The second kappa shape index (κ2) is 7.29. The number of Topliss-reactive ketones (excluding diaryl/α,β-unsaturated/α-hetero) is 1. The molecule has 0 aromatic heterocycles. The van der Waals surface area contributed by atoms with E-state index in [9.17, 15) is 4.79 Å². The number of nitrogens with one attached hydrogen (secondary N) is 1. The molecule has 1 saturated carbocycles. The van der Waals surface area contributed by atoms with Crippen molar-refractivity contribution in [2.24, 2.45) is 5.92 Å². The van der Waals surface area contributed by atoms with Crippen LogP contribution in [0.5, 0.6) is 0 Å². The Kier molecular flexibility index (Phi) is 7.06. The van der Waals surface area contributed by atoms with E-state index < -0.39 is 0 Å². The Morgan fingerprint density at radius 2 is 1.58 bits per heavy atom. The lowest BCUT2D eigenvalue weighted by atomic mass is 9.87. The molecule has 0 atom stereocenters. The molecule has 1 fully saturated rings. The fraction of sp³-hybridized carbons (Fsp3) is 0.900. The summed E-state index contributed by atoms with van der Waals surface area (Å²) in [4.78, 5) is 10.8. The quantitative estimate of drug-likeness (QED) is 0.653. The summed E-state index contributed by atoms with van der Waals surface area (Å²) in [5.41, 5.74) is 0. The van der Waals surface area contributed by atoms with E-state index in [4.69, 9.17) is 0 Å². The SMILES string of the molecule is CC(=O)C1CCCCC1.CNC. The van der Waals surface area contributed by atoms with E-state index in [2.05, 4.69) is 5.32 Å². The van der Waals surface area contributed by atoms with Crippen LogP contribution in [0, 0.1) is 5.92 Å². The first-order chi connectivity index (χ1) is 5.72. The van der Waals surface area contributed by atoms with Gasteiger partial charge in [-0.15, -0.1) is 0 Å². The Morgan fingerprint density at radius 1 is 1.17 bits per heavy atom. The predicted molar refractivity (Wildman–Crippen MR) is 52.2 cm³/mol. The van der Waals surface area contributed by atoms with Crippen LogP contribution >= 0.6 is 0 Å². The molecular weight excluding hydrogens is 150 g/mol. The Bertz CT molecular complexity index is 117. The molecule has 0 spiro atoms. The molecule has 0 saturated heterocycles. The summed E-state index contributed by atoms with van der Waals surface area (Å²) in [5, 5.41) is 2.75. The highest BCUT2D eigenvalue weighted by Crippen LogP contribution is 2.23. The Labute approximate surface area is 75.7 Å². The number of hydrogen-bond acceptors (Lipinski definition) is 2. The maximum atomic E-state index is 10.8. The first-order valence-corrected chi connectivity index (χ1v) is 4.81. The average molecular weight is 171 g/mol. The van der Waals surface area contributed by atoms with Gasteiger partial charge in [0, 0.05) is 5.92 Å². The van der Waals surface area contributed by atoms with Gasteiger partial charge in [-0.2, -0.15) is 0 Å². The molecular formula is C10H21NO. The lowest BCUT2D eigenvalue weighted by Gasteiger charge is -2.17. The van der Waals surface area contributed by atoms with E-state index in [1.165, 1.54) is 19.3 Å². The number of ketones is 1. The highest BCUT2D eigenvalue weighted by molar-refractivity contribution is 5.78. The fourth-order valence-corrected chi connectivity index (χ4v) is 1.51. The van der Waals surface area contributed by atoms with E-state index in [0.29, 0.717) is 11.7 Å². The normalized spacial score (nSPS) is 17.9. The highest BCUT2D eigenvalue weighted by Gasteiger charge is 2.16. The minimum Gasteiger partial charge on any atom is -0.323 e. The standard InChI is InChI=1S/C8H14O.C2H7N/c1-7(9)8-5-3-2-4-6-8;1-3-2/h8H,2-6H2,1H3;3H,1-2H3. The van der Waals surface area contributed by atoms with Gasteiger partial charge in [0.25, 0.3) is 0 Å². The summed E-state index contributed by atoms with van der Waals surface area (Å²) in [5.74, 6) is 0.813. The van der Waals surface area contributed by atoms with Crippen molar-refractivity contribution in [1.82, 2.24) is 5.32 Å². The third-order valence-electron chi connectivity index (χ3n) is 2.18. The largest absolute Gasteiger partial charge is 0.323 e. The topological polar surface area (TPSA) is 29.1 Å². The molecule has 2 heteroatoms. The fourth-order valence-electron chi connectivity index (χ4n) is 1.51. The highest BCUT2D eigenvalue weighted by atomic mass is 16.1. The molecule has 0 aromatic carbocycles. The van der Waals surface area contributed by atoms with Crippen LogP contribution in [0.1, 0.15) is 39.0 Å². The molecule has 72 valence electrons. The van der Waals surface area contributed by atoms with Crippen LogP contribution in [0.4, 0.5) is 0 Å². The lowest BCUT2D eigenvalue weighted by Crippen LogP contribution is -2.13. The molecule has 1 rings (SSSR count). The Balaban J connectivity index is 0.000000354. The van der Waals surface area contributed by atoms with E-state index >= 15 is 0 Å². The van der Waals surface area contributed by atoms with Crippen LogP contribution in [-0.2, 0) is 4.79 Å². The van der Waals surface area contributed by atoms with Gasteiger partial charge in [0.2, 0.25) is 0 Å². The summed E-state index contributed by atoms with van der Waals surface area (Å²) in [6, 6.07) is 0. The molecule has 0 aromatic rings. The van der Waals surface area contributed by atoms with Gasteiger partial charge in [-0.1, -0.05) is 19.3 Å². The van der Waals surface area contributed by atoms with Crippen LogP contribution in [-0.4, -0.2) is 19.9 Å². The molecule has 2 nitrogen and oxygen atoms in total. The third-order valence-corrected chi connectivity index (χ3v) is 2.18. The number of carbonyl (C=O) groups is 1. The number of carbonyl (C=O) groups excluding carboxylic acids is 1. The van der Waals surface area contributed by atoms with E-state index in [0.717, 1.165) is 12.8 Å². The summed E-state index contributed by atoms with van der Waals surface area (Å²) in [7, 11) is 3.75. The zero-order valence-corrected chi connectivity index (χ0v) is 8.52. The molecule has 1 N–H and O–H groups in total. The van der Waals surface area contributed by atoms with Crippen molar-refractivity contribution in [3.8, 4) is 0 Å². The van der Waals surface area contributed by atoms with Gasteiger partial charge in [-0.25, -0.2) is 0 Å². The molecule has 0 radical (unpaired) electrons. The van der Waals surface area contributed by atoms with Crippen LogP contribution in [0.15, 0.2) is 0 Å². The summed E-state index contributed by atoms with van der Waals surface area (Å²) in [6.07, 6.45) is 6.17. The number of hydrogen-bond donors (Lipinski definition) is 1. The van der Waals surface area contributed by atoms with Gasteiger partial charge in [0.05, 0.1) is 0 Å². The van der Waals surface area contributed by atoms with Crippen LogP contribution in [0.2, 0.25) is 0 Å². The average Bonchev–Trinajstić information content (AvgIpc) is 2.07. The zero-order valence-electron chi connectivity index (χ0n) is 8.52. The molecule has 12 heavy (non-hydrogen) atoms. The second-order valence-electron chi connectivity index (χ2n) is 3.45. The predicted octanol–water partition coefficient (Wildman–Crippen LogP) is 1.99. The van der Waals surface area contributed by atoms with E-state index in [1.807, 2.05) is 14.1 Å².